The Bertz CT molecular complexity index is 2450. The number of carbonyl (C=O) groups excluding carboxylic acids is 2. The van der Waals surface area contributed by atoms with Gasteiger partial charge in [0.2, 0.25) is 17.7 Å². The minimum Gasteiger partial charge on any atom is -0.469 e. The molecule has 1 saturated carbocycles. The Balaban J connectivity index is 1.19. The molecule has 266 valence electrons. The quantitative estimate of drug-likeness (QED) is 0.179. The standard InChI is InChI=1S/C42H37N5O6/c1-20(2)32-38-46-34-35(53-38)42-26-10-6-9-24(23-8-5-7-22-12-13-25(31(22)23)30-19-43-37(34)51-30)33(26)47-40(42)52-29-14-11-21(17-27(29)42)18-28(36(48)45-32)44-39(49)41(50)15-3-4-16-41/h5-11,13-14,17,19-20,28,32,40,47,50H,3-4,12,15-16,18H2,1-2H3,(H,44,49)(H,45,48)/t28?,32-,40-,42?/m0/s1. The summed E-state index contributed by atoms with van der Waals surface area (Å²) < 4.78 is 20.5. The molecule has 5 aromatic rings. The van der Waals surface area contributed by atoms with Crippen LogP contribution in [0.3, 0.4) is 0 Å². The molecule has 2 unspecified atom stereocenters. The topological polar surface area (TPSA) is 152 Å². The average molecular weight is 708 g/mol. The predicted octanol–water partition coefficient (Wildman–Crippen LogP) is 5.94. The van der Waals surface area contributed by atoms with Gasteiger partial charge in [0.25, 0.3) is 5.91 Å². The van der Waals surface area contributed by atoms with Crippen molar-refractivity contribution >= 4 is 23.1 Å². The lowest BCUT2D eigenvalue weighted by Gasteiger charge is -2.29. The van der Waals surface area contributed by atoms with Gasteiger partial charge in [-0.05, 0) is 66.3 Å². The van der Waals surface area contributed by atoms with Gasteiger partial charge in [0.1, 0.15) is 28.8 Å². The van der Waals surface area contributed by atoms with Crippen molar-refractivity contribution in [3.05, 3.63) is 112 Å². The zero-order valence-electron chi connectivity index (χ0n) is 29.3. The Morgan fingerprint density at radius 1 is 1.02 bits per heavy atom. The molecule has 2 amide bonds. The summed E-state index contributed by atoms with van der Waals surface area (Å²) in [6.45, 7) is 3.98. The normalized spacial score (nSPS) is 24.9. The van der Waals surface area contributed by atoms with Crippen molar-refractivity contribution in [2.45, 2.75) is 81.7 Å². The van der Waals surface area contributed by atoms with Gasteiger partial charge in [-0.15, -0.1) is 0 Å². The molecule has 2 aliphatic carbocycles. The maximum absolute atomic E-state index is 14.3. The number of hydrogen-bond donors (Lipinski definition) is 4. The van der Waals surface area contributed by atoms with E-state index in [0.29, 0.717) is 47.6 Å². The number of amides is 2. The third kappa shape index (κ3) is 4.14. The summed E-state index contributed by atoms with van der Waals surface area (Å²) >= 11 is 0. The Labute approximate surface area is 304 Å². The van der Waals surface area contributed by atoms with E-state index < -0.39 is 41.1 Å². The van der Waals surface area contributed by atoms with E-state index in [9.17, 15) is 14.7 Å². The number of hydrogen-bond acceptors (Lipinski definition) is 9. The first kappa shape index (κ1) is 30.9. The molecule has 3 aromatic carbocycles. The number of aromatic nitrogens is 2. The molecule has 1 fully saturated rings. The van der Waals surface area contributed by atoms with E-state index in [-0.39, 0.29) is 12.3 Å². The van der Waals surface area contributed by atoms with Crippen molar-refractivity contribution in [2.75, 3.05) is 5.32 Å². The molecule has 11 rings (SSSR count). The highest BCUT2D eigenvalue weighted by molar-refractivity contribution is 5.97. The van der Waals surface area contributed by atoms with Gasteiger partial charge < -0.3 is 34.6 Å². The van der Waals surface area contributed by atoms with Crippen LogP contribution in [0.4, 0.5) is 5.69 Å². The number of ether oxygens (including phenoxy) is 1. The summed E-state index contributed by atoms with van der Waals surface area (Å²) in [7, 11) is 0. The molecular formula is C42H37N5O6. The van der Waals surface area contributed by atoms with Gasteiger partial charge >= 0.3 is 0 Å². The minimum absolute atomic E-state index is 0.155. The fourth-order valence-corrected chi connectivity index (χ4v) is 9.58. The van der Waals surface area contributed by atoms with Crippen LogP contribution in [0, 0.1) is 5.92 Å². The molecular weight excluding hydrogens is 670 g/mol. The van der Waals surface area contributed by atoms with Crippen LogP contribution in [0.2, 0.25) is 0 Å². The highest BCUT2D eigenvalue weighted by Gasteiger charge is 2.62. The van der Waals surface area contributed by atoms with Crippen LogP contribution >= 0.6 is 0 Å². The Morgan fingerprint density at radius 3 is 2.70 bits per heavy atom. The van der Waals surface area contributed by atoms with Crippen LogP contribution in [0.25, 0.3) is 28.3 Å². The Morgan fingerprint density at radius 2 is 1.85 bits per heavy atom. The van der Waals surface area contributed by atoms with E-state index in [1.54, 1.807) is 6.20 Å². The van der Waals surface area contributed by atoms with Crippen LogP contribution in [0.15, 0.2) is 75.7 Å². The van der Waals surface area contributed by atoms with Gasteiger partial charge in [-0.2, -0.15) is 0 Å². The van der Waals surface area contributed by atoms with Gasteiger partial charge in [-0.25, -0.2) is 9.97 Å². The summed E-state index contributed by atoms with van der Waals surface area (Å²) in [5.74, 6) is 1.33. The van der Waals surface area contributed by atoms with Crippen LogP contribution < -0.4 is 20.7 Å². The summed E-state index contributed by atoms with van der Waals surface area (Å²) in [5.41, 5.74) is 6.87. The molecule has 2 aromatic heterocycles. The molecule has 6 heterocycles. The minimum atomic E-state index is -1.50. The lowest BCUT2D eigenvalue weighted by molar-refractivity contribution is -0.142. The van der Waals surface area contributed by atoms with E-state index >= 15 is 0 Å². The van der Waals surface area contributed by atoms with Crippen molar-refractivity contribution in [2.24, 2.45) is 5.92 Å². The number of allylic oxidation sites excluding steroid dienone is 1. The molecule has 1 spiro atoms. The molecule has 11 nitrogen and oxygen atoms in total. The van der Waals surface area contributed by atoms with E-state index in [1.807, 2.05) is 26.0 Å². The van der Waals surface area contributed by atoms with Gasteiger partial charge in [0, 0.05) is 34.4 Å². The van der Waals surface area contributed by atoms with Crippen LogP contribution in [0.5, 0.6) is 5.75 Å². The zero-order chi connectivity index (χ0) is 35.8. The molecule has 10 bridgehead atoms. The summed E-state index contributed by atoms with van der Waals surface area (Å²) in [6, 6.07) is 17.0. The first-order chi connectivity index (χ1) is 25.7. The molecule has 53 heavy (non-hydrogen) atoms. The molecule has 4 N–H and O–H groups in total. The molecule has 4 atom stereocenters. The van der Waals surface area contributed by atoms with E-state index in [2.05, 4.69) is 64.5 Å². The number of fused-ring (bicyclic) bond motifs is 7. The highest BCUT2D eigenvalue weighted by Crippen LogP contribution is 2.61. The van der Waals surface area contributed by atoms with E-state index in [0.717, 1.165) is 63.9 Å². The molecule has 0 radical (unpaired) electrons. The lowest BCUT2D eigenvalue weighted by atomic mass is 9.72. The third-order valence-electron chi connectivity index (χ3n) is 12.2. The highest BCUT2D eigenvalue weighted by atomic mass is 16.5. The van der Waals surface area contributed by atoms with E-state index in [4.69, 9.17) is 23.5 Å². The predicted molar refractivity (Wildman–Crippen MR) is 194 cm³/mol. The second-order valence-corrected chi connectivity index (χ2v) is 15.6. The Kier molecular flexibility index (Phi) is 6.23. The number of nitrogens with one attached hydrogen (secondary N) is 3. The smallest absolute Gasteiger partial charge is 0.252 e. The first-order valence-corrected chi connectivity index (χ1v) is 18.6. The lowest BCUT2D eigenvalue weighted by Crippen LogP contribution is -2.55. The van der Waals surface area contributed by atoms with Crippen molar-refractivity contribution in [3.63, 3.8) is 0 Å². The first-order valence-electron chi connectivity index (χ1n) is 18.6. The van der Waals surface area contributed by atoms with Crippen LogP contribution in [0.1, 0.15) is 90.8 Å². The summed E-state index contributed by atoms with van der Waals surface area (Å²) in [6.07, 6.45) is 6.54. The maximum atomic E-state index is 14.3. The Hall–Kier alpha value is -5.68. The van der Waals surface area contributed by atoms with Gasteiger partial charge in [0.05, 0.1) is 6.20 Å². The summed E-state index contributed by atoms with van der Waals surface area (Å²) in [4.78, 5) is 37.8. The molecule has 4 aliphatic heterocycles. The maximum Gasteiger partial charge on any atom is 0.252 e. The number of rotatable bonds is 3. The van der Waals surface area contributed by atoms with E-state index in [1.165, 1.54) is 5.56 Å². The number of oxazole rings is 2. The van der Waals surface area contributed by atoms with Gasteiger partial charge in [0.15, 0.2) is 23.4 Å². The largest absolute Gasteiger partial charge is 0.469 e. The van der Waals surface area contributed by atoms with Gasteiger partial charge in [-0.1, -0.05) is 68.5 Å². The molecule has 0 saturated heterocycles. The SMILES string of the molecule is CC(C)[C@@H]1NC(=O)C(NC(=O)C2(O)CCCC2)Cc2ccc3c(c2)C24c5cccc(c5N[C@H]2O3)-c2cccc3c2C(=CC3)c2cnc(o2)-c2nc1oc24. The molecule has 6 aliphatic rings. The second-order valence-electron chi connectivity index (χ2n) is 15.6. The van der Waals surface area contributed by atoms with Crippen molar-refractivity contribution in [3.8, 4) is 28.5 Å². The second kappa shape index (κ2) is 10.7. The third-order valence-corrected chi connectivity index (χ3v) is 12.2. The molecule has 11 heteroatoms. The fraction of sp³-hybridized carbons (Fsp3) is 0.333. The number of carbonyl (C=O) groups is 2. The number of aliphatic hydroxyl groups is 1. The zero-order valence-corrected chi connectivity index (χ0v) is 29.3. The van der Waals surface area contributed by atoms with Crippen molar-refractivity contribution in [1.29, 1.82) is 0 Å². The fourth-order valence-electron chi connectivity index (χ4n) is 9.58. The monoisotopic (exact) mass is 707 g/mol. The van der Waals surface area contributed by atoms with Gasteiger partial charge in [-0.3, -0.25) is 9.59 Å². The number of anilines is 1. The van der Waals surface area contributed by atoms with Crippen molar-refractivity contribution in [1.82, 2.24) is 20.6 Å². The number of nitrogens with zero attached hydrogens (tertiary/aromatic N) is 2. The van der Waals surface area contributed by atoms with Crippen LogP contribution in [-0.4, -0.2) is 44.8 Å². The average Bonchev–Trinajstić information content (AvgIpc) is 3.99. The van der Waals surface area contributed by atoms with Crippen LogP contribution in [-0.2, 0) is 27.8 Å². The summed E-state index contributed by atoms with van der Waals surface area (Å²) in [5, 5.41) is 21.1. The number of benzene rings is 3. The van der Waals surface area contributed by atoms with Crippen molar-refractivity contribution < 1.29 is 28.3 Å². The number of para-hydroxylation sites is 1.